The molecule has 0 bridgehead atoms. The summed E-state index contributed by atoms with van der Waals surface area (Å²) in [6.07, 6.45) is 6.71. The first-order chi connectivity index (χ1) is 16.0. The SMILES string of the molecule is Cc1cc2c(cc1Cc1ccc(C(=O)NC3CC3)nc1)C(=O)N(c1ncccc1C#N)CC2. The van der Waals surface area contributed by atoms with Gasteiger partial charge < -0.3 is 5.32 Å². The third-order valence-corrected chi connectivity index (χ3v) is 6.17. The number of nitrogens with zero attached hydrogens (tertiary/aromatic N) is 4. The molecule has 0 atom stereocenters. The number of carbonyl (C=O) groups excluding carboxylic acids is 2. The molecule has 1 aromatic carbocycles. The van der Waals surface area contributed by atoms with Crippen LogP contribution in [0.25, 0.3) is 0 Å². The zero-order valence-electron chi connectivity index (χ0n) is 18.3. The predicted octanol–water partition coefficient (Wildman–Crippen LogP) is 3.34. The highest BCUT2D eigenvalue weighted by Crippen LogP contribution is 2.28. The second-order valence-electron chi connectivity index (χ2n) is 8.61. The Labute approximate surface area is 192 Å². The van der Waals surface area contributed by atoms with Gasteiger partial charge in [0.15, 0.2) is 5.82 Å². The van der Waals surface area contributed by atoms with Gasteiger partial charge in [-0.2, -0.15) is 5.26 Å². The summed E-state index contributed by atoms with van der Waals surface area (Å²) in [6.45, 7) is 2.54. The van der Waals surface area contributed by atoms with E-state index in [1.54, 1.807) is 35.5 Å². The van der Waals surface area contributed by atoms with Crippen molar-refractivity contribution in [1.82, 2.24) is 15.3 Å². The Kier molecular flexibility index (Phi) is 5.35. The van der Waals surface area contributed by atoms with E-state index < -0.39 is 0 Å². The van der Waals surface area contributed by atoms with Crippen molar-refractivity contribution < 1.29 is 9.59 Å². The van der Waals surface area contributed by atoms with Crippen LogP contribution in [0.15, 0.2) is 48.8 Å². The predicted molar refractivity (Wildman–Crippen MR) is 123 cm³/mol. The van der Waals surface area contributed by atoms with Crippen LogP contribution in [-0.2, 0) is 12.8 Å². The number of hydrogen-bond acceptors (Lipinski definition) is 5. The lowest BCUT2D eigenvalue weighted by Crippen LogP contribution is -2.38. The molecule has 0 spiro atoms. The lowest BCUT2D eigenvalue weighted by molar-refractivity contribution is 0.0944. The summed E-state index contributed by atoms with van der Waals surface area (Å²) in [7, 11) is 0. The topological polar surface area (TPSA) is 99.0 Å². The molecule has 2 amide bonds. The first-order valence-corrected chi connectivity index (χ1v) is 11.1. The Morgan fingerprint density at radius 1 is 1.24 bits per heavy atom. The Hall–Kier alpha value is -4.05. The molecule has 5 rings (SSSR count). The third kappa shape index (κ3) is 4.20. The van der Waals surface area contributed by atoms with Crippen molar-refractivity contribution in [3.8, 4) is 6.07 Å². The van der Waals surface area contributed by atoms with Gasteiger partial charge >= 0.3 is 0 Å². The molecule has 3 aromatic rings. The maximum atomic E-state index is 13.3. The maximum Gasteiger partial charge on any atom is 0.270 e. The minimum atomic E-state index is -0.141. The number of aromatic nitrogens is 2. The zero-order chi connectivity index (χ0) is 22.9. The van der Waals surface area contributed by atoms with Crippen molar-refractivity contribution in [3.05, 3.63) is 87.9 Å². The standard InChI is InChI=1S/C26H23N5O2/c1-16-11-18-8-10-31(24-19(14-27)3-2-9-28-24)26(33)22(18)13-20(16)12-17-4-7-23(29-15-17)25(32)30-21-5-6-21/h2-4,7,9,11,13,15,21H,5-6,8,10,12H2,1H3,(H,30,32). The molecule has 1 fully saturated rings. The lowest BCUT2D eigenvalue weighted by Gasteiger charge is -2.29. The molecule has 0 unspecified atom stereocenters. The number of hydrogen-bond donors (Lipinski definition) is 1. The maximum absolute atomic E-state index is 13.3. The van der Waals surface area contributed by atoms with Crippen LogP contribution >= 0.6 is 0 Å². The zero-order valence-corrected chi connectivity index (χ0v) is 18.3. The number of carbonyl (C=O) groups is 2. The molecule has 2 aromatic heterocycles. The van der Waals surface area contributed by atoms with Gasteiger partial charge in [-0.25, -0.2) is 4.98 Å². The number of nitriles is 1. The van der Waals surface area contributed by atoms with Gasteiger partial charge in [-0.1, -0.05) is 12.1 Å². The van der Waals surface area contributed by atoms with E-state index in [4.69, 9.17) is 0 Å². The number of fused-ring (bicyclic) bond motifs is 1. The Bertz CT molecular complexity index is 1290. The van der Waals surface area contributed by atoms with Gasteiger partial charge in [-0.3, -0.25) is 19.5 Å². The van der Waals surface area contributed by atoms with Crippen LogP contribution in [0.1, 0.15) is 61.5 Å². The minimum Gasteiger partial charge on any atom is -0.348 e. The summed E-state index contributed by atoms with van der Waals surface area (Å²) >= 11 is 0. The lowest BCUT2D eigenvalue weighted by atomic mass is 9.91. The first kappa shape index (κ1) is 20.8. The van der Waals surface area contributed by atoms with Gasteiger partial charge in [0, 0.05) is 30.5 Å². The molecule has 1 N–H and O–H groups in total. The van der Waals surface area contributed by atoms with Crippen molar-refractivity contribution in [2.24, 2.45) is 0 Å². The molecule has 0 radical (unpaired) electrons. The molecular weight excluding hydrogens is 414 g/mol. The van der Waals surface area contributed by atoms with Crippen LogP contribution in [0.5, 0.6) is 0 Å². The van der Waals surface area contributed by atoms with E-state index in [1.807, 2.05) is 19.1 Å². The van der Waals surface area contributed by atoms with Crippen molar-refractivity contribution >= 4 is 17.6 Å². The minimum absolute atomic E-state index is 0.133. The van der Waals surface area contributed by atoms with Crippen LogP contribution < -0.4 is 10.2 Å². The second kappa shape index (κ2) is 8.47. The van der Waals surface area contributed by atoms with Gasteiger partial charge in [0.25, 0.3) is 11.8 Å². The van der Waals surface area contributed by atoms with Gasteiger partial charge in [0.1, 0.15) is 11.8 Å². The van der Waals surface area contributed by atoms with Crippen LogP contribution in [0, 0.1) is 18.3 Å². The van der Waals surface area contributed by atoms with Crippen LogP contribution in [0.4, 0.5) is 5.82 Å². The molecule has 3 heterocycles. The molecule has 1 saturated carbocycles. The summed E-state index contributed by atoms with van der Waals surface area (Å²) in [6, 6.07) is 13.5. The van der Waals surface area contributed by atoms with Crippen molar-refractivity contribution in [3.63, 3.8) is 0 Å². The van der Waals surface area contributed by atoms with Crippen molar-refractivity contribution in [2.75, 3.05) is 11.4 Å². The van der Waals surface area contributed by atoms with E-state index in [1.165, 1.54) is 0 Å². The van der Waals surface area contributed by atoms with E-state index in [0.717, 1.165) is 35.1 Å². The number of anilines is 1. The molecule has 0 saturated heterocycles. The molecule has 7 heteroatoms. The van der Waals surface area contributed by atoms with Crippen LogP contribution in [0.2, 0.25) is 0 Å². The van der Waals surface area contributed by atoms with E-state index in [0.29, 0.717) is 48.1 Å². The molecule has 7 nitrogen and oxygen atoms in total. The fourth-order valence-electron chi connectivity index (χ4n) is 4.16. The quantitative estimate of drug-likeness (QED) is 0.660. The van der Waals surface area contributed by atoms with E-state index in [9.17, 15) is 14.9 Å². The van der Waals surface area contributed by atoms with Gasteiger partial charge in [-0.05, 0) is 79.1 Å². The molecule has 2 aliphatic rings. The monoisotopic (exact) mass is 437 g/mol. The van der Waals surface area contributed by atoms with Crippen molar-refractivity contribution in [2.45, 2.75) is 38.6 Å². The van der Waals surface area contributed by atoms with E-state index >= 15 is 0 Å². The molecule has 1 aliphatic heterocycles. The van der Waals surface area contributed by atoms with Crippen LogP contribution in [-0.4, -0.2) is 34.4 Å². The normalized spacial score (nSPS) is 15.0. The number of benzene rings is 1. The average molecular weight is 438 g/mol. The van der Waals surface area contributed by atoms with E-state index in [-0.39, 0.29) is 11.8 Å². The third-order valence-electron chi connectivity index (χ3n) is 6.17. The molecule has 1 aliphatic carbocycles. The summed E-state index contributed by atoms with van der Waals surface area (Å²) in [4.78, 5) is 35.7. The number of aryl methyl sites for hydroxylation is 1. The summed E-state index contributed by atoms with van der Waals surface area (Å²) in [5.74, 6) is 0.130. The molecular formula is C26H23N5O2. The van der Waals surface area contributed by atoms with Gasteiger partial charge in [-0.15, -0.1) is 0 Å². The second-order valence-corrected chi connectivity index (χ2v) is 8.61. The number of pyridine rings is 2. The summed E-state index contributed by atoms with van der Waals surface area (Å²) in [5.41, 5.74) is 5.57. The first-order valence-electron chi connectivity index (χ1n) is 11.1. The number of amides is 2. The summed E-state index contributed by atoms with van der Waals surface area (Å²) in [5, 5.41) is 12.4. The number of nitrogens with one attached hydrogen (secondary N) is 1. The Morgan fingerprint density at radius 2 is 2.09 bits per heavy atom. The van der Waals surface area contributed by atoms with E-state index in [2.05, 4.69) is 27.4 Å². The smallest absolute Gasteiger partial charge is 0.270 e. The van der Waals surface area contributed by atoms with Gasteiger partial charge in [0.2, 0.25) is 0 Å². The van der Waals surface area contributed by atoms with Gasteiger partial charge in [0.05, 0.1) is 5.56 Å². The average Bonchev–Trinajstić information content (AvgIpc) is 3.65. The fourth-order valence-corrected chi connectivity index (χ4v) is 4.16. The Morgan fingerprint density at radius 3 is 2.82 bits per heavy atom. The Balaban J connectivity index is 1.39. The highest BCUT2D eigenvalue weighted by molar-refractivity contribution is 6.08. The van der Waals surface area contributed by atoms with Crippen LogP contribution in [0.3, 0.4) is 0 Å². The fraction of sp³-hybridized carbons (Fsp3) is 0.269. The number of rotatable bonds is 5. The largest absolute Gasteiger partial charge is 0.348 e. The highest BCUT2D eigenvalue weighted by Gasteiger charge is 2.29. The molecule has 164 valence electrons. The highest BCUT2D eigenvalue weighted by atomic mass is 16.2. The summed E-state index contributed by atoms with van der Waals surface area (Å²) < 4.78 is 0. The molecule has 33 heavy (non-hydrogen) atoms. The van der Waals surface area contributed by atoms with Crippen molar-refractivity contribution in [1.29, 1.82) is 5.26 Å².